The van der Waals surface area contributed by atoms with Crippen LogP contribution in [0.5, 0.6) is 0 Å². The van der Waals surface area contributed by atoms with Gasteiger partial charge in [-0.2, -0.15) is 5.10 Å². The lowest BCUT2D eigenvalue weighted by Crippen LogP contribution is -2.44. The van der Waals surface area contributed by atoms with Gasteiger partial charge < -0.3 is 5.32 Å². The number of nitrogens with zero attached hydrogens (tertiary/aromatic N) is 3. The zero-order valence-corrected chi connectivity index (χ0v) is 23.2. The van der Waals surface area contributed by atoms with Crippen molar-refractivity contribution in [1.82, 2.24) is 15.1 Å². The maximum atomic E-state index is 13.7. The predicted molar refractivity (Wildman–Crippen MR) is 155 cm³/mol. The van der Waals surface area contributed by atoms with E-state index in [-0.39, 0.29) is 35.4 Å². The largest absolute Gasteiger partial charge is 0.352 e. The number of hydrogen-bond donors (Lipinski definition) is 1. The number of hydrogen-bond acceptors (Lipinski definition) is 4. The Bertz CT molecular complexity index is 1490. The molecule has 1 aromatic heterocycles. The molecule has 1 aliphatic rings. The number of thioether (sulfide) groups is 1. The van der Waals surface area contributed by atoms with Gasteiger partial charge in [-0.05, 0) is 43.7 Å². The van der Waals surface area contributed by atoms with Gasteiger partial charge in [0, 0.05) is 22.2 Å². The Hall–Kier alpha value is -3.26. The summed E-state index contributed by atoms with van der Waals surface area (Å²) in [6.07, 6.45) is 0. The molecule has 0 aliphatic carbocycles. The third-order valence-electron chi connectivity index (χ3n) is 6.12. The normalized spacial score (nSPS) is 15.3. The van der Waals surface area contributed by atoms with Crippen molar-refractivity contribution in [3.8, 4) is 16.9 Å². The van der Waals surface area contributed by atoms with E-state index in [1.54, 1.807) is 10.7 Å². The Morgan fingerprint density at radius 1 is 1.05 bits per heavy atom. The molecule has 0 fully saturated rings. The van der Waals surface area contributed by atoms with Crippen LogP contribution in [-0.2, 0) is 9.59 Å². The van der Waals surface area contributed by atoms with Crippen molar-refractivity contribution in [1.29, 1.82) is 0 Å². The van der Waals surface area contributed by atoms with Crippen LogP contribution in [0, 0.1) is 0 Å². The number of carbonyl (C=O) groups is 2. The molecule has 0 bridgehead atoms. The highest BCUT2D eigenvalue weighted by molar-refractivity contribution is 8.00. The third kappa shape index (κ3) is 5.32. The van der Waals surface area contributed by atoms with Crippen LogP contribution in [-0.4, -0.2) is 39.9 Å². The molecule has 2 heterocycles. The second-order valence-electron chi connectivity index (χ2n) is 9.26. The minimum absolute atomic E-state index is 0.0639. The maximum absolute atomic E-state index is 13.7. The summed E-state index contributed by atoms with van der Waals surface area (Å²) < 4.78 is 1.70. The van der Waals surface area contributed by atoms with E-state index in [4.69, 9.17) is 28.3 Å². The minimum atomic E-state index is -0.266. The molecule has 0 radical (unpaired) electrons. The molecule has 0 saturated carbocycles. The van der Waals surface area contributed by atoms with Crippen LogP contribution < -0.4 is 10.2 Å². The quantitative estimate of drug-likeness (QED) is 0.288. The zero-order chi connectivity index (χ0) is 26.8. The molecular formula is C29H26Cl2N4O2S. The molecule has 1 N–H and O–H groups in total. The number of carbonyl (C=O) groups excluding carboxylic acids is 2. The average Bonchev–Trinajstić information content (AvgIpc) is 3.21. The maximum Gasteiger partial charge on any atom is 0.240 e. The van der Waals surface area contributed by atoms with Crippen LogP contribution in [0.2, 0.25) is 10.0 Å². The highest BCUT2D eigenvalue weighted by Crippen LogP contribution is 2.49. The average molecular weight is 566 g/mol. The van der Waals surface area contributed by atoms with Gasteiger partial charge in [0.2, 0.25) is 11.8 Å². The van der Waals surface area contributed by atoms with Crippen LogP contribution in [0.25, 0.3) is 16.9 Å². The Labute approximate surface area is 235 Å². The van der Waals surface area contributed by atoms with Gasteiger partial charge in [-0.1, -0.05) is 77.8 Å². The summed E-state index contributed by atoms with van der Waals surface area (Å²) in [5.41, 5.74) is 3.99. The van der Waals surface area contributed by atoms with Crippen LogP contribution in [0.4, 0.5) is 5.82 Å². The molecule has 0 spiro atoms. The van der Waals surface area contributed by atoms with Gasteiger partial charge >= 0.3 is 0 Å². The molecule has 0 saturated heterocycles. The van der Waals surface area contributed by atoms with Crippen LogP contribution in [0.3, 0.4) is 0 Å². The molecule has 1 atom stereocenters. The van der Waals surface area contributed by atoms with Crippen LogP contribution >= 0.6 is 35.0 Å². The van der Waals surface area contributed by atoms with Gasteiger partial charge in [-0.3, -0.25) is 14.5 Å². The van der Waals surface area contributed by atoms with Crippen LogP contribution in [0.1, 0.15) is 30.2 Å². The van der Waals surface area contributed by atoms with E-state index >= 15 is 0 Å². The summed E-state index contributed by atoms with van der Waals surface area (Å²) >= 11 is 14.6. The van der Waals surface area contributed by atoms with Crippen molar-refractivity contribution in [3.63, 3.8) is 0 Å². The second kappa shape index (κ2) is 11.2. The van der Waals surface area contributed by atoms with E-state index in [1.165, 1.54) is 16.7 Å². The van der Waals surface area contributed by atoms with Crippen molar-refractivity contribution in [2.75, 3.05) is 17.2 Å². The first-order valence-corrected chi connectivity index (χ1v) is 14.0. The molecule has 38 heavy (non-hydrogen) atoms. The van der Waals surface area contributed by atoms with Crippen molar-refractivity contribution in [3.05, 3.63) is 100 Å². The Morgan fingerprint density at radius 3 is 2.50 bits per heavy atom. The van der Waals surface area contributed by atoms with Crippen molar-refractivity contribution in [2.24, 2.45) is 0 Å². The highest BCUT2D eigenvalue weighted by atomic mass is 35.5. The van der Waals surface area contributed by atoms with Gasteiger partial charge in [0.25, 0.3) is 0 Å². The first kappa shape index (κ1) is 26.4. The van der Waals surface area contributed by atoms with E-state index in [1.807, 2.05) is 86.6 Å². The fourth-order valence-corrected chi connectivity index (χ4v) is 6.17. The summed E-state index contributed by atoms with van der Waals surface area (Å²) in [5.74, 6) is 0.263. The van der Waals surface area contributed by atoms with Crippen molar-refractivity contribution in [2.45, 2.75) is 25.1 Å². The van der Waals surface area contributed by atoms with Crippen molar-refractivity contribution < 1.29 is 9.59 Å². The molecule has 4 aromatic rings. The van der Waals surface area contributed by atoms with E-state index in [9.17, 15) is 9.59 Å². The zero-order valence-electron chi connectivity index (χ0n) is 20.9. The van der Waals surface area contributed by atoms with Gasteiger partial charge in [0.1, 0.15) is 12.4 Å². The van der Waals surface area contributed by atoms with E-state index < -0.39 is 0 Å². The molecule has 0 unspecified atom stereocenters. The number of nitrogens with one attached hydrogen (secondary N) is 1. The first-order valence-electron chi connectivity index (χ1n) is 12.2. The number of amides is 2. The number of fused-ring (bicyclic) bond motifs is 1. The molecule has 5 rings (SSSR count). The predicted octanol–water partition coefficient (Wildman–Crippen LogP) is 6.54. The van der Waals surface area contributed by atoms with Gasteiger partial charge in [-0.25, -0.2) is 4.68 Å². The Balaban J connectivity index is 1.82. The van der Waals surface area contributed by atoms with Gasteiger partial charge in [-0.15, -0.1) is 11.8 Å². The summed E-state index contributed by atoms with van der Waals surface area (Å²) in [4.78, 5) is 28.2. The fraction of sp³-hybridized carbons (Fsp3) is 0.207. The molecule has 3 aromatic carbocycles. The molecule has 2 amide bonds. The summed E-state index contributed by atoms with van der Waals surface area (Å²) in [7, 11) is 0. The molecule has 6 nitrogen and oxygen atoms in total. The minimum Gasteiger partial charge on any atom is -0.352 e. The number of anilines is 1. The van der Waals surface area contributed by atoms with Gasteiger partial charge in [0.05, 0.1) is 27.4 Å². The standard InChI is InChI=1S/C29H26Cl2N4O2S/c1-18(2)32-24(36)16-34-25(37)17-38-28(20-11-8-12-21(30)15-20)26-27(19-9-4-3-5-10-19)33-35(29(26)34)23-14-7-6-13-22(23)31/h3-15,18,28H,16-17H2,1-2H3,(H,32,36)/t28-/m0/s1. The number of aromatic nitrogens is 2. The lowest BCUT2D eigenvalue weighted by Gasteiger charge is -2.24. The first-order chi connectivity index (χ1) is 18.3. The number of rotatable bonds is 6. The lowest BCUT2D eigenvalue weighted by atomic mass is 9.99. The van der Waals surface area contributed by atoms with E-state index in [2.05, 4.69) is 5.32 Å². The second-order valence-corrected chi connectivity index (χ2v) is 11.2. The Morgan fingerprint density at radius 2 is 1.79 bits per heavy atom. The van der Waals surface area contributed by atoms with E-state index in [0.717, 1.165) is 16.7 Å². The van der Waals surface area contributed by atoms with E-state index in [0.29, 0.717) is 27.2 Å². The molecular weight excluding hydrogens is 539 g/mol. The molecule has 9 heteroatoms. The smallest absolute Gasteiger partial charge is 0.240 e. The summed E-state index contributed by atoms with van der Waals surface area (Å²) in [6.45, 7) is 3.64. The lowest BCUT2D eigenvalue weighted by molar-refractivity contribution is -0.123. The third-order valence-corrected chi connectivity index (χ3v) is 7.93. The number of halogens is 2. The van der Waals surface area contributed by atoms with Crippen LogP contribution in [0.15, 0.2) is 78.9 Å². The summed E-state index contributed by atoms with van der Waals surface area (Å²) in [6, 6.07) is 24.8. The number of benzene rings is 3. The molecule has 194 valence electrons. The fourth-order valence-electron chi connectivity index (χ4n) is 4.56. The monoisotopic (exact) mass is 564 g/mol. The SMILES string of the molecule is CC(C)NC(=O)CN1C(=O)CS[C@@H](c2cccc(Cl)c2)c2c(-c3ccccc3)nn(-c3ccccc3Cl)c21. The highest BCUT2D eigenvalue weighted by Gasteiger charge is 2.38. The summed E-state index contributed by atoms with van der Waals surface area (Å²) in [5, 5.41) is 8.77. The van der Waals surface area contributed by atoms with Gasteiger partial charge in [0.15, 0.2) is 0 Å². The topological polar surface area (TPSA) is 67.2 Å². The van der Waals surface area contributed by atoms with Crippen molar-refractivity contribution >= 4 is 52.6 Å². The Kier molecular flexibility index (Phi) is 7.79. The number of para-hydroxylation sites is 1. The molecule has 1 aliphatic heterocycles.